The molecule has 9 N–H and O–H groups in total. The Bertz CT molecular complexity index is 1530. The number of rotatable bonds is 8. The molecule has 39 heavy (non-hydrogen) atoms. The van der Waals surface area contributed by atoms with E-state index in [0.717, 1.165) is 10.9 Å². The van der Waals surface area contributed by atoms with Gasteiger partial charge in [-0.05, 0) is 6.07 Å². The number of hydrogen-bond acceptors (Lipinski definition) is 15. The first kappa shape index (κ1) is 27.3. The molecule has 0 radical (unpaired) electrons. The van der Waals surface area contributed by atoms with Crippen molar-refractivity contribution in [1.82, 2.24) is 29.1 Å². The molecule has 0 bridgehead atoms. The summed E-state index contributed by atoms with van der Waals surface area (Å²) < 4.78 is 36.3. The second kappa shape index (κ2) is 10.4. The van der Waals surface area contributed by atoms with Gasteiger partial charge in [-0.1, -0.05) is 0 Å². The highest BCUT2D eigenvalue weighted by Crippen LogP contribution is 2.49. The van der Waals surface area contributed by atoms with Crippen molar-refractivity contribution in [1.29, 1.82) is 0 Å². The zero-order chi connectivity index (χ0) is 28.1. The highest BCUT2D eigenvalue weighted by molar-refractivity contribution is 7.47. The Morgan fingerprint density at radius 1 is 1.15 bits per heavy atom. The second-order valence-corrected chi connectivity index (χ2v) is 10.2. The van der Waals surface area contributed by atoms with Gasteiger partial charge in [0.25, 0.3) is 5.56 Å². The van der Waals surface area contributed by atoms with E-state index in [-0.39, 0.29) is 29.4 Å². The number of nitrogen functional groups attached to an aromatic ring is 2. The van der Waals surface area contributed by atoms with E-state index in [1.165, 1.54) is 16.8 Å². The lowest BCUT2D eigenvalue weighted by Gasteiger charge is -2.21. The third-order valence-electron chi connectivity index (χ3n) is 6.25. The van der Waals surface area contributed by atoms with Crippen molar-refractivity contribution >= 4 is 30.8 Å². The number of phosphoric ester groups is 1. The van der Waals surface area contributed by atoms with Crippen molar-refractivity contribution in [3.8, 4) is 0 Å². The number of hydrogen-bond donors (Lipinski definition) is 7. The van der Waals surface area contributed by atoms with Crippen LogP contribution in [-0.4, -0.2) is 93.0 Å². The number of H-pyrrole nitrogens is 1. The fourth-order valence-corrected chi connectivity index (χ4v) is 5.35. The van der Waals surface area contributed by atoms with E-state index in [0.29, 0.717) is 0 Å². The van der Waals surface area contributed by atoms with Crippen LogP contribution in [0.15, 0.2) is 28.2 Å². The van der Waals surface area contributed by atoms with Crippen LogP contribution in [-0.2, 0) is 23.1 Å². The van der Waals surface area contributed by atoms with Crippen LogP contribution in [0.2, 0.25) is 0 Å². The van der Waals surface area contributed by atoms with Gasteiger partial charge >= 0.3 is 13.5 Å². The number of aliphatic hydroxyl groups excluding tert-OH is 3. The lowest BCUT2D eigenvalue weighted by atomic mass is 10.1. The number of imidazole rings is 1. The highest BCUT2D eigenvalue weighted by atomic mass is 31.2. The van der Waals surface area contributed by atoms with Crippen LogP contribution in [0.1, 0.15) is 18.9 Å². The van der Waals surface area contributed by atoms with Gasteiger partial charge in [0, 0.05) is 12.6 Å². The van der Waals surface area contributed by atoms with E-state index in [1.807, 2.05) is 0 Å². The van der Waals surface area contributed by atoms with Gasteiger partial charge in [0.1, 0.15) is 42.6 Å². The van der Waals surface area contributed by atoms with Crippen molar-refractivity contribution in [2.75, 3.05) is 24.7 Å². The minimum atomic E-state index is -4.84. The number of anilines is 2. The highest BCUT2D eigenvalue weighted by Gasteiger charge is 2.46. The van der Waals surface area contributed by atoms with Gasteiger partial charge in [-0.3, -0.25) is 28.0 Å². The van der Waals surface area contributed by atoms with Crippen molar-refractivity contribution in [3.63, 3.8) is 0 Å². The lowest BCUT2D eigenvalue weighted by molar-refractivity contribution is -0.0592. The third kappa shape index (κ3) is 5.31. The molecule has 20 heteroatoms. The van der Waals surface area contributed by atoms with Crippen molar-refractivity contribution in [3.05, 3.63) is 39.4 Å². The molecule has 212 valence electrons. The molecule has 2 saturated heterocycles. The van der Waals surface area contributed by atoms with Gasteiger partial charge in [-0.25, -0.2) is 14.3 Å². The zero-order valence-corrected chi connectivity index (χ0v) is 20.8. The van der Waals surface area contributed by atoms with Crippen molar-refractivity contribution in [2.45, 2.75) is 49.4 Å². The number of phosphoric acid groups is 1. The number of nitrogens with one attached hydrogen (secondary N) is 1. The van der Waals surface area contributed by atoms with E-state index in [1.54, 1.807) is 0 Å². The molecule has 5 rings (SSSR count). The van der Waals surface area contributed by atoms with E-state index in [4.69, 9.17) is 30.0 Å². The number of fused-ring (bicyclic) bond motifs is 1. The second-order valence-electron chi connectivity index (χ2n) is 8.82. The molecule has 3 aromatic rings. The summed E-state index contributed by atoms with van der Waals surface area (Å²) >= 11 is 0. The first-order valence-electron chi connectivity index (χ1n) is 11.5. The molecule has 2 aliphatic heterocycles. The number of ether oxygens (including phenoxy) is 2. The normalized spacial score (nSPS) is 30.6. The molecule has 3 aromatic heterocycles. The smallest absolute Gasteiger partial charge is 0.394 e. The molecule has 2 fully saturated rings. The van der Waals surface area contributed by atoms with Gasteiger partial charge < -0.3 is 41.2 Å². The number of aliphatic hydroxyl groups is 3. The molecule has 0 aliphatic carbocycles. The number of nitrogens with two attached hydrogens (primary N) is 2. The minimum absolute atomic E-state index is 0.00651. The molecule has 0 aromatic carbocycles. The average molecular weight is 572 g/mol. The molecule has 5 heterocycles. The van der Waals surface area contributed by atoms with Crippen LogP contribution in [0.4, 0.5) is 11.8 Å². The summed E-state index contributed by atoms with van der Waals surface area (Å²) in [7, 11) is -4.84. The van der Waals surface area contributed by atoms with Gasteiger partial charge in [-0.15, -0.1) is 0 Å². The summed E-state index contributed by atoms with van der Waals surface area (Å²) in [5.41, 5.74) is 9.59. The van der Waals surface area contributed by atoms with Crippen LogP contribution >= 0.6 is 7.82 Å². The van der Waals surface area contributed by atoms with Crippen LogP contribution in [0, 0.1) is 0 Å². The molecular weight excluding hydrogens is 547 g/mol. The minimum Gasteiger partial charge on any atom is -0.394 e. The summed E-state index contributed by atoms with van der Waals surface area (Å²) in [6.07, 6.45) is -6.60. The third-order valence-corrected chi connectivity index (χ3v) is 7.27. The monoisotopic (exact) mass is 572 g/mol. The Labute approximate surface area is 217 Å². The molecule has 0 spiro atoms. The molecule has 2 aliphatic rings. The van der Waals surface area contributed by atoms with E-state index >= 15 is 0 Å². The standard InChI is InChI=1S/C19H25N8O11P/c20-10-1-2-26(19(32)23-10)11-3-7(8(4-28)36-11)38-39(33,34)35-5-9-13(29)14(30)17(37-9)27-6-22-12-15(27)24-18(21)25-16(12)31/h1-2,6-9,11,13-14,17,28-30H,3-5H2,(H,33,34)(H2,20,23,32)(H3,21,24,25,31)/t7-,8+,9+,11+,13+,14+,17+/m0/s1. The Hall–Kier alpha value is -3.26. The topological polar surface area (TPSA) is 285 Å². The largest absolute Gasteiger partial charge is 0.472 e. The predicted molar refractivity (Wildman–Crippen MR) is 128 cm³/mol. The Morgan fingerprint density at radius 3 is 2.64 bits per heavy atom. The van der Waals surface area contributed by atoms with Crippen molar-refractivity contribution < 1.29 is 43.3 Å². The van der Waals surface area contributed by atoms with Crippen LogP contribution in [0.25, 0.3) is 11.2 Å². The fraction of sp³-hybridized carbons (Fsp3) is 0.526. The summed E-state index contributed by atoms with van der Waals surface area (Å²) in [6, 6.07) is 1.36. The van der Waals surface area contributed by atoms with Gasteiger partial charge in [0.2, 0.25) is 5.95 Å². The van der Waals surface area contributed by atoms with Gasteiger partial charge in [-0.2, -0.15) is 9.97 Å². The van der Waals surface area contributed by atoms with Crippen LogP contribution in [0.5, 0.6) is 0 Å². The maximum Gasteiger partial charge on any atom is 0.472 e. The Balaban J connectivity index is 1.24. The van der Waals surface area contributed by atoms with Crippen LogP contribution in [0.3, 0.4) is 0 Å². The Kier molecular flexibility index (Phi) is 7.27. The quantitative estimate of drug-likeness (QED) is 0.132. The van der Waals surface area contributed by atoms with Gasteiger partial charge in [0.15, 0.2) is 17.4 Å². The summed E-state index contributed by atoms with van der Waals surface area (Å²) in [6.45, 7) is -1.30. The fourth-order valence-electron chi connectivity index (χ4n) is 4.39. The number of aromatic nitrogens is 6. The maximum atomic E-state index is 12.7. The molecular formula is C19H25N8O11P. The van der Waals surface area contributed by atoms with E-state index in [9.17, 15) is 34.4 Å². The maximum absolute atomic E-state index is 12.7. The predicted octanol–water partition coefficient (Wildman–Crippen LogP) is -3.06. The van der Waals surface area contributed by atoms with E-state index in [2.05, 4.69) is 19.9 Å². The molecule has 0 saturated carbocycles. The SMILES string of the molecule is Nc1ccn([C@H]2C[C@H](OP(=O)(O)OC[C@H]3O[C@@H](n4cnc5c(=O)[nH]c(N)nc54)[C@H](O)[C@@H]3O)[C@@H](CO)O2)c(=O)n1. The number of nitrogens with zero attached hydrogens (tertiary/aromatic N) is 5. The molecule has 0 amide bonds. The molecule has 19 nitrogen and oxygen atoms in total. The zero-order valence-electron chi connectivity index (χ0n) is 19.9. The Morgan fingerprint density at radius 2 is 1.92 bits per heavy atom. The molecule has 1 unspecified atom stereocenters. The van der Waals surface area contributed by atoms with Gasteiger partial charge in [0.05, 0.1) is 19.5 Å². The van der Waals surface area contributed by atoms with Crippen LogP contribution < -0.4 is 22.7 Å². The van der Waals surface area contributed by atoms with E-state index < -0.39 is 75.3 Å². The first-order valence-corrected chi connectivity index (χ1v) is 13.0. The summed E-state index contributed by atoms with van der Waals surface area (Å²) in [4.78, 5) is 48.2. The first-order chi connectivity index (χ1) is 18.5. The molecule has 8 atom stereocenters. The summed E-state index contributed by atoms with van der Waals surface area (Å²) in [5.74, 6) is -0.217. The number of aromatic amines is 1. The summed E-state index contributed by atoms with van der Waals surface area (Å²) in [5, 5.41) is 30.6. The lowest BCUT2D eigenvalue weighted by Crippen LogP contribution is -2.34. The van der Waals surface area contributed by atoms with Crippen molar-refractivity contribution in [2.24, 2.45) is 0 Å². The average Bonchev–Trinajstić information content (AvgIpc) is 3.54.